The fraction of sp³-hybridized carbons (Fsp3) is 0.263. The van der Waals surface area contributed by atoms with E-state index in [9.17, 15) is 14.0 Å². The van der Waals surface area contributed by atoms with Crippen molar-refractivity contribution in [1.29, 1.82) is 0 Å². The number of hydrogen-bond acceptors (Lipinski definition) is 4. The Kier molecular flexibility index (Phi) is 5.95. The molecular weight excluding hydrogens is 419 g/mol. The highest BCUT2D eigenvalue weighted by atomic mass is 79.9. The Bertz CT molecular complexity index is 875. The third-order valence-electron chi connectivity index (χ3n) is 4.14. The van der Waals surface area contributed by atoms with E-state index in [4.69, 9.17) is 9.47 Å². The van der Waals surface area contributed by atoms with Crippen LogP contribution in [0.4, 0.5) is 4.39 Å². The Labute approximate surface area is 164 Å². The number of halogens is 2. The summed E-state index contributed by atoms with van der Waals surface area (Å²) in [4.78, 5) is 26.2. The van der Waals surface area contributed by atoms with Crippen LogP contribution in [0.5, 0.6) is 11.5 Å². The van der Waals surface area contributed by atoms with Gasteiger partial charge in [0.2, 0.25) is 12.7 Å². The van der Waals surface area contributed by atoms with Crippen LogP contribution in [0, 0.1) is 5.82 Å². The molecule has 1 N–H and O–H groups in total. The maximum absolute atomic E-state index is 13.9. The van der Waals surface area contributed by atoms with Crippen molar-refractivity contribution in [3.63, 3.8) is 0 Å². The summed E-state index contributed by atoms with van der Waals surface area (Å²) in [6.45, 7) is 2.26. The molecule has 0 fully saturated rings. The van der Waals surface area contributed by atoms with E-state index < -0.39 is 5.91 Å². The van der Waals surface area contributed by atoms with Gasteiger partial charge >= 0.3 is 0 Å². The summed E-state index contributed by atoms with van der Waals surface area (Å²) in [7, 11) is 0. The Morgan fingerprint density at radius 3 is 2.74 bits per heavy atom. The normalized spacial score (nSPS) is 12.0. The molecule has 142 valence electrons. The van der Waals surface area contributed by atoms with Crippen molar-refractivity contribution >= 4 is 27.7 Å². The van der Waals surface area contributed by atoms with E-state index >= 15 is 0 Å². The van der Waals surface area contributed by atoms with Gasteiger partial charge in [0.15, 0.2) is 11.5 Å². The molecule has 2 aromatic carbocycles. The molecule has 0 saturated heterocycles. The number of ether oxygens (including phenoxy) is 2. The first kappa shape index (κ1) is 19.2. The molecule has 0 spiro atoms. The van der Waals surface area contributed by atoms with Crippen molar-refractivity contribution < 1.29 is 23.5 Å². The molecular formula is C19H18BrFN2O4. The third kappa shape index (κ3) is 4.57. The number of amides is 2. The van der Waals surface area contributed by atoms with Crippen molar-refractivity contribution in [3.05, 3.63) is 57.8 Å². The van der Waals surface area contributed by atoms with Crippen LogP contribution in [0.15, 0.2) is 40.9 Å². The summed E-state index contributed by atoms with van der Waals surface area (Å²) in [6.07, 6.45) is 0. The number of nitrogens with one attached hydrogen (secondary N) is 1. The molecule has 0 aliphatic carbocycles. The highest BCUT2D eigenvalue weighted by Gasteiger charge is 2.18. The molecule has 0 bridgehead atoms. The van der Waals surface area contributed by atoms with Gasteiger partial charge in [-0.2, -0.15) is 0 Å². The molecule has 3 rings (SSSR count). The van der Waals surface area contributed by atoms with Crippen LogP contribution in [0.1, 0.15) is 22.8 Å². The third-order valence-corrected chi connectivity index (χ3v) is 4.63. The van der Waals surface area contributed by atoms with Gasteiger partial charge in [-0.25, -0.2) is 4.39 Å². The van der Waals surface area contributed by atoms with Gasteiger partial charge in [0.05, 0.1) is 6.54 Å². The molecule has 2 aromatic rings. The molecule has 1 heterocycles. The van der Waals surface area contributed by atoms with Gasteiger partial charge in [0.25, 0.3) is 5.91 Å². The second kappa shape index (κ2) is 8.39. The lowest BCUT2D eigenvalue weighted by molar-refractivity contribution is -0.130. The molecule has 8 heteroatoms. The number of nitrogens with zero attached hydrogens (tertiary/aromatic N) is 1. The molecule has 0 radical (unpaired) electrons. The molecule has 0 aromatic heterocycles. The van der Waals surface area contributed by atoms with Gasteiger partial charge in [0.1, 0.15) is 5.82 Å². The van der Waals surface area contributed by atoms with Gasteiger partial charge in [-0.3, -0.25) is 9.59 Å². The van der Waals surface area contributed by atoms with Crippen LogP contribution in [0.3, 0.4) is 0 Å². The van der Waals surface area contributed by atoms with E-state index in [1.54, 1.807) is 37.3 Å². The van der Waals surface area contributed by atoms with Crippen LogP contribution >= 0.6 is 15.9 Å². The first-order valence-corrected chi connectivity index (χ1v) is 9.16. The predicted octanol–water partition coefficient (Wildman–Crippen LogP) is 3.10. The van der Waals surface area contributed by atoms with Gasteiger partial charge < -0.3 is 19.7 Å². The average molecular weight is 437 g/mol. The van der Waals surface area contributed by atoms with Crippen molar-refractivity contribution in [2.45, 2.75) is 13.5 Å². The van der Waals surface area contributed by atoms with Gasteiger partial charge in [-0.1, -0.05) is 15.9 Å². The van der Waals surface area contributed by atoms with E-state index in [-0.39, 0.29) is 31.6 Å². The van der Waals surface area contributed by atoms with Crippen LogP contribution < -0.4 is 14.8 Å². The molecule has 1 aliphatic rings. The standard InChI is InChI=1S/C19H18BrFN2O4/c1-2-23(10-13-7-14(20)4-5-15(13)21)18(24)9-22-19(25)12-3-6-16-17(8-12)27-11-26-16/h3-8H,2,9-11H2,1H3,(H,22,25). The molecule has 2 amide bonds. The lowest BCUT2D eigenvalue weighted by atomic mass is 10.2. The number of benzene rings is 2. The second-order valence-corrected chi connectivity index (χ2v) is 6.81. The number of carbonyl (C=O) groups excluding carboxylic acids is 2. The minimum atomic E-state index is -0.397. The SMILES string of the molecule is CCN(Cc1cc(Br)ccc1F)C(=O)CNC(=O)c1ccc2c(c1)OCO2. The minimum absolute atomic E-state index is 0.122. The fourth-order valence-corrected chi connectivity index (χ4v) is 3.06. The largest absolute Gasteiger partial charge is 0.454 e. The smallest absolute Gasteiger partial charge is 0.251 e. The number of likely N-dealkylation sites (N-methyl/N-ethyl adjacent to an activating group) is 1. The first-order chi connectivity index (χ1) is 13.0. The van der Waals surface area contributed by atoms with Crippen molar-refractivity contribution in [2.75, 3.05) is 19.9 Å². The highest BCUT2D eigenvalue weighted by molar-refractivity contribution is 9.10. The monoisotopic (exact) mass is 436 g/mol. The summed E-state index contributed by atoms with van der Waals surface area (Å²) >= 11 is 3.30. The first-order valence-electron chi connectivity index (χ1n) is 8.37. The van der Waals surface area contributed by atoms with E-state index in [1.807, 2.05) is 0 Å². The quantitative estimate of drug-likeness (QED) is 0.755. The van der Waals surface area contributed by atoms with Crippen molar-refractivity contribution in [2.24, 2.45) is 0 Å². The Balaban J connectivity index is 1.60. The zero-order valence-electron chi connectivity index (χ0n) is 14.6. The zero-order valence-corrected chi connectivity index (χ0v) is 16.2. The number of carbonyl (C=O) groups is 2. The summed E-state index contributed by atoms with van der Waals surface area (Å²) in [5.41, 5.74) is 0.773. The Morgan fingerprint density at radius 1 is 1.19 bits per heavy atom. The second-order valence-electron chi connectivity index (χ2n) is 5.89. The van der Waals surface area contributed by atoms with E-state index in [1.165, 1.54) is 11.0 Å². The van der Waals surface area contributed by atoms with E-state index in [0.717, 1.165) is 4.47 Å². The Hall–Kier alpha value is -2.61. The maximum Gasteiger partial charge on any atom is 0.251 e. The van der Waals surface area contributed by atoms with E-state index in [0.29, 0.717) is 29.2 Å². The average Bonchev–Trinajstić information content (AvgIpc) is 3.14. The number of hydrogen-bond donors (Lipinski definition) is 1. The van der Waals surface area contributed by atoms with E-state index in [2.05, 4.69) is 21.2 Å². The lowest BCUT2D eigenvalue weighted by Gasteiger charge is -2.21. The summed E-state index contributed by atoms with van der Waals surface area (Å²) < 4.78 is 25.1. The number of fused-ring (bicyclic) bond motifs is 1. The molecule has 6 nitrogen and oxygen atoms in total. The van der Waals surface area contributed by atoms with Crippen LogP contribution in [-0.4, -0.2) is 36.6 Å². The fourth-order valence-electron chi connectivity index (χ4n) is 2.65. The summed E-state index contributed by atoms with van der Waals surface area (Å²) in [5.74, 6) is -0.00345. The highest BCUT2D eigenvalue weighted by Crippen LogP contribution is 2.32. The van der Waals surface area contributed by atoms with Crippen molar-refractivity contribution in [3.8, 4) is 11.5 Å². The topological polar surface area (TPSA) is 67.9 Å². The van der Waals surface area contributed by atoms with Gasteiger partial charge in [-0.15, -0.1) is 0 Å². The molecule has 0 saturated carbocycles. The molecule has 0 unspecified atom stereocenters. The molecule has 0 atom stereocenters. The lowest BCUT2D eigenvalue weighted by Crippen LogP contribution is -2.39. The molecule has 27 heavy (non-hydrogen) atoms. The maximum atomic E-state index is 13.9. The van der Waals surface area contributed by atoms with Gasteiger partial charge in [-0.05, 0) is 43.3 Å². The van der Waals surface area contributed by atoms with Crippen LogP contribution in [-0.2, 0) is 11.3 Å². The van der Waals surface area contributed by atoms with Crippen LogP contribution in [0.2, 0.25) is 0 Å². The number of rotatable bonds is 6. The summed E-state index contributed by atoms with van der Waals surface area (Å²) in [6, 6.07) is 9.39. The van der Waals surface area contributed by atoms with Crippen LogP contribution in [0.25, 0.3) is 0 Å². The Morgan fingerprint density at radius 2 is 1.96 bits per heavy atom. The molecule has 1 aliphatic heterocycles. The van der Waals surface area contributed by atoms with Crippen molar-refractivity contribution in [1.82, 2.24) is 10.2 Å². The minimum Gasteiger partial charge on any atom is -0.454 e. The zero-order chi connectivity index (χ0) is 19.4. The summed E-state index contributed by atoms with van der Waals surface area (Å²) in [5, 5.41) is 2.59. The van der Waals surface area contributed by atoms with Gasteiger partial charge in [0, 0.05) is 28.7 Å². The predicted molar refractivity (Wildman–Crippen MR) is 100 cm³/mol.